The summed E-state index contributed by atoms with van der Waals surface area (Å²) >= 11 is 0. The van der Waals surface area contributed by atoms with Gasteiger partial charge in [-0.3, -0.25) is 10.1 Å². The molecule has 5 heteroatoms. The molecule has 0 spiro atoms. The molecule has 104 valence electrons. The van der Waals surface area contributed by atoms with Gasteiger partial charge in [-0.1, -0.05) is 12.1 Å². The van der Waals surface area contributed by atoms with E-state index in [0.717, 1.165) is 15.7 Å². The van der Waals surface area contributed by atoms with Crippen LogP contribution < -0.4 is 4.73 Å². The Bertz CT molecular complexity index is 842. The van der Waals surface area contributed by atoms with E-state index in [1.165, 1.54) is 12.1 Å². The fourth-order valence-corrected chi connectivity index (χ4v) is 2.46. The van der Waals surface area contributed by atoms with E-state index >= 15 is 0 Å². The van der Waals surface area contributed by atoms with E-state index in [9.17, 15) is 15.3 Å². The molecule has 2 aromatic carbocycles. The van der Waals surface area contributed by atoms with Crippen molar-refractivity contribution in [3.05, 3.63) is 75.5 Å². The second-order valence-corrected chi connectivity index (χ2v) is 4.83. The van der Waals surface area contributed by atoms with Crippen molar-refractivity contribution >= 4 is 16.6 Å². The summed E-state index contributed by atoms with van der Waals surface area (Å²) in [6.45, 7) is 1.86. The lowest BCUT2D eigenvalue weighted by Crippen LogP contribution is -2.31. The van der Waals surface area contributed by atoms with Gasteiger partial charge in [-0.15, -0.1) is 0 Å². The molecule has 0 unspecified atom stereocenters. The number of hydrogen-bond acceptors (Lipinski definition) is 3. The molecule has 1 heterocycles. The van der Waals surface area contributed by atoms with Crippen LogP contribution >= 0.6 is 0 Å². The first-order valence-corrected chi connectivity index (χ1v) is 6.44. The van der Waals surface area contributed by atoms with Crippen molar-refractivity contribution in [2.45, 2.75) is 6.92 Å². The predicted molar refractivity (Wildman–Crippen MR) is 79.7 cm³/mol. The van der Waals surface area contributed by atoms with Crippen molar-refractivity contribution in [3.8, 4) is 11.3 Å². The van der Waals surface area contributed by atoms with E-state index in [4.69, 9.17) is 0 Å². The third-order valence-corrected chi connectivity index (χ3v) is 3.46. The van der Waals surface area contributed by atoms with E-state index < -0.39 is 4.92 Å². The van der Waals surface area contributed by atoms with Gasteiger partial charge in [0.2, 0.25) is 11.2 Å². The quantitative estimate of drug-likeness (QED) is 0.313. The number of fused-ring (bicyclic) bond motifs is 1. The monoisotopic (exact) mass is 280 g/mol. The minimum Gasteiger partial charge on any atom is -0.618 e. The maximum Gasteiger partial charge on any atom is 0.269 e. The molecule has 0 aliphatic heterocycles. The summed E-state index contributed by atoms with van der Waals surface area (Å²) in [4.78, 5) is 10.2. The van der Waals surface area contributed by atoms with Crippen molar-refractivity contribution in [2.24, 2.45) is 0 Å². The molecule has 5 nitrogen and oxygen atoms in total. The Morgan fingerprint density at radius 3 is 2.38 bits per heavy atom. The summed E-state index contributed by atoms with van der Waals surface area (Å²) in [6.07, 6.45) is 0. The van der Waals surface area contributed by atoms with Gasteiger partial charge in [0, 0.05) is 34.7 Å². The van der Waals surface area contributed by atoms with Gasteiger partial charge < -0.3 is 5.21 Å². The van der Waals surface area contributed by atoms with Gasteiger partial charge in [-0.25, -0.2) is 0 Å². The highest BCUT2D eigenvalue weighted by Crippen LogP contribution is 2.25. The fraction of sp³-hybridized carbons (Fsp3) is 0.0625. The second kappa shape index (κ2) is 4.86. The maximum absolute atomic E-state index is 12.6. The van der Waals surface area contributed by atoms with E-state index in [0.29, 0.717) is 16.8 Å². The van der Waals surface area contributed by atoms with Crippen LogP contribution in [0.15, 0.2) is 54.6 Å². The van der Waals surface area contributed by atoms with Gasteiger partial charge in [-0.05, 0) is 31.2 Å². The highest BCUT2D eigenvalue weighted by molar-refractivity contribution is 5.79. The molecule has 3 aromatic rings. The van der Waals surface area contributed by atoms with E-state index in [2.05, 4.69) is 0 Å². The number of nitro benzene ring substituents is 1. The van der Waals surface area contributed by atoms with Crippen LogP contribution in [-0.4, -0.2) is 4.92 Å². The van der Waals surface area contributed by atoms with E-state index in [-0.39, 0.29) is 5.69 Å². The average molecular weight is 280 g/mol. The van der Waals surface area contributed by atoms with Crippen molar-refractivity contribution in [1.29, 1.82) is 0 Å². The van der Waals surface area contributed by atoms with Crippen LogP contribution in [0, 0.1) is 22.2 Å². The highest BCUT2D eigenvalue weighted by atomic mass is 16.6. The Hall–Kier alpha value is -2.95. The van der Waals surface area contributed by atoms with Crippen LogP contribution in [0.4, 0.5) is 5.69 Å². The van der Waals surface area contributed by atoms with Crippen molar-refractivity contribution in [2.75, 3.05) is 0 Å². The van der Waals surface area contributed by atoms with Gasteiger partial charge in [0.15, 0.2) is 0 Å². The lowest BCUT2D eigenvalue weighted by Gasteiger charge is -2.10. The molecule has 0 saturated heterocycles. The van der Waals surface area contributed by atoms with Crippen molar-refractivity contribution in [1.82, 2.24) is 0 Å². The number of pyridine rings is 1. The Balaban J connectivity index is 2.22. The summed E-state index contributed by atoms with van der Waals surface area (Å²) in [5, 5.41) is 24.1. The smallest absolute Gasteiger partial charge is 0.269 e. The number of aromatic nitrogens is 1. The molecule has 0 radical (unpaired) electrons. The van der Waals surface area contributed by atoms with Crippen molar-refractivity contribution in [3.63, 3.8) is 0 Å². The topological polar surface area (TPSA) is 70.1 Å². The van der Waals surface area contributed by atoms with E-state index in [1.807, 2.05) is 31.2 Å². The molecule has 0 amide bonds. The molecule has 0 N–H and O–H groups in total. The number of aryl methyl sites for hydroxylation is 1. The van der Waals surface area contributed by atoms with Gasteiger partial charge in [0.05, 0.1) is 4.92 Å². The number of benzene rings is 2. The van der Waals surface area contributed by atoms with Crippen LogP contribution in [0.3, 0.4) is 0 Å². The third-order valence-electron chi connectivity index (χ3n) is 3.46. The molecule has 21 heavy (non-hydrogen) atoms. The second-order valence-electron chi connectivity index (χ2n) is 4.83. The zero-order valence-electron chi connectivity index (χ0n) is 11.3. The average Bonchev–Trinajstić information content (AvgIpc) is 2.48. The molecule has 0 fully saturated rings. The largest absolute Gasteiger partial charge is 0.618 e. The van der Waals surface area contributed by atoms with Crippen LogP contribution in [0.25, 0.3) is 22.2 Å². The SMILES string of the molecule is Cc1cc2ccccc2[n+]([O-])c1-c1ccc([N+](=O)[O-])cc1. The van der Waals surface area contributed by atoms with Gasteiger partial charge >= 0.3 is 0 Å². The first-order chi connectivity index (χ1) is 10.1. The zero-order chi connectivity index (χ0) is 15.0. The maximum atomic E-state index is 12.6. The number of rotatable bonds is 2. The summed E-state index contributed by atoms with van der Waals surface area (Å²) in [5.74, 6) is 0. The first-order valence-electron chi connectivity index (χ1n) is 6.44. The first kappa shape index (κ1) is 13.1. The van der Waals surface area contributed by atoms with Gasteiger partial charge in [0.25, 0.3) is 5.69 Å². The summed E-state index contributed by atoms with van der Waals surface area (Å²) in [6, 6.07) is 15.3. The molecule has 0 aliphatic rings. The van der Waals surface area contributed by atoms with Crippen LogP contribution in [0.5, 0.6) is 0 Å². The number of nitrogens with zero attached hydrogens (tertiary/aromatic N) is 2. The van der Waals surface area contributed by atoms with E-state index in [1.54, 1.807) is 18.2 Å². The Labute approximate surface area is 120 Å². The number of nitro groups is 1. The Morgan fingerprint density at radius 1 is 1.05 bits per heavy atom. The van der Waals surface area contributed by atoms with Gasteiger partial charge in [0.1, 0.15) is 0 Å². The molecular formula is C16H12N2O3. The summed E-state index contributed by atoms with van der Waals surface area (Å²) < 4.78 is 0.881. The minimum absolute atomic E-state index is 0.00893. The number of non-ortho nitro benzene ring substituents is 1. The summed E-state index contributed by atoms with van der Waals surface area (Å²) in [5.41, 5.74) is 2.60. The molecule has 3 rings (SSSR count). The molecule has 0 saturated carbocycles. The molecule has 0 aliphatic carbocycles. The Morgan fingerprint density at radius 2 is 1.71 bits per heavy atom. The predicted octanol–water partition coefficient (Wildman–Crippen LogP) is 3.36. The standard InChI is InChI=1S/C16H12N2O3/c1-11-10-13-4-2-3-5-15(13)17(19)16(11)12-6-8-14(9-7-12)18(20)21/h2-10H,1H3. The molecular weight excluding hydrogens is 268 g/mol. The van der Waals surface area contributed by atoms with Crippen molar-refractivity contribution < 1.29 is 9.65 Å². The summed E-state index contributed by atoms with van der Waals surface area (Å²) in [7, 11) is 0. The lowest BCUT2D eigenvalue weighted by molar-refractivity contribution is -0.565. The minimum atomic E-state index is -0.456. The third kappa shape index (κ3) is 2.18. The molecule has 1 aromatic heterocycles. The fourth-order valence-electron chi connectivity index (χ4n) is 2.46. The van der Waals surface area contributed by atoms with Crippen LogP contribution in [0.1, 0.15) is 5.56 Å². The molecule has 0 atom stereocenters. The Kier molecular flexibility index (Phi) is 3.02. The number of hydrogen-bond donors (Lipinski definition) is 0. The normalized spacial score (nSPS) is 10.7. The highest BCUT2D eigenvalue weighted by Gasteiger charge is 2.17. The van der Waals surface area contributed by atoms with Gasteiger partial charge in [-0.2, -0.15) is 4.73 Å². The van der Waals surface area contributed by atoms with Crippen LogP contribution in [-0.2, 0) is 0 Å². The van der Waals surface area contributed by atoms with Crippen LogP contribution in [0.2, 0.25) is 0 Å². The lowest BCUT2D eigenvalue weighted by atomic mass is 10.0. The zero-order valence-corrected chi connectivity index (χ0v) is 11.3. The molecule has 0 bridgehead atoms. The number of para-hydroxylation sites is 1.